The molecule has 1 heterocycles. The fourth-order valence-electron chi connectivity index (χ4n) is 2.65. The van der Waals surface area contributed by atoms with Crippen LogP contribution in [0.15, 0.2) is 33.6 Å². The van der Waals surface area contributed by atoms with Crippen molar-refractivity contribution in [3.63, 3.8) is 0 Å². The Morgan fingerprint density at radius 3 is 2.33 bits per heavy atom. The second-order valence-corrected chi connectivity index (χ2v) is 9.17. The minimum Gasteiger partial charge on any atom is -0.379 e. The quantitative estimate of drug-likeness (QED) is 0.793. The smallest absolute Gasteiger partial charge is 0.178 e. The first-order chi connectivity index (χ1) is 9.78. The predicted molar refractivity (Wildman–Crippen MR) is 87.2 cm³/mol. The highest BCUT2D eigenvalue weighted by Gasteiger charge is 2.30. The van der Waals surface area contributed by atoms with E-state index >= 15 is 0 Å². The van der Waals surface area contributed by atoms with E-state index in [-0.39, 0.29) is 11.2 Å². The van der Waals surface area contributed by atoms with Gasteiger partial charge in [0.1, 0.15) is 0 Å². The molecule has 0 aliphatic carbocycles. The molecule has 0 saturated carbocycles. The Balaban J connectivity index is 2.05. The van der Waals surface area contributed by atoms with E-state index in [1.165, 1.54) is 0 Å². The second kappa shape index (κ2) is 6.77. The normalized spacial score (nSPS) is 17.9. The van der Waals surface area contributed by atoms with Gasteiger partial charge in [-0.25, -0.2) is 8.42 Å². The zero-order valence-electron chi connectivity index (χ0n) is 12.5. The van der Waals surface area contributed by atoms with Crippen LogP contribution in [0.2, 0.25) is 0 Å². The van der Waals surface area contributed by atoms with Crippen LogP contribution in [0.1, 0.15) is 13.8 Å². The molecule has 6 heteroatoms. The molecule has 21 heavy (non-hydrogen) atoms. The first-order valence-electron chi connectivity index (χ1n) is 7.07. The zero-order chi connectivity index (χ0) is 15.5. The average molecular weight is 376 g/mol. The van der Waals surface area contributed by atoms with Gasteiger partial charge in [-0.3, -0.25) is 4.90 Å². The van der Waals surface area contributed by atoms with Gasteiger partial charge in [-0.05, 0) is 29.7 Å². The maximum Gasteiger partial charge on any atom is 0.178 e. The molecule has 1 aliphatic heterocycles. The molecule has 1 saturated heterocycles. The van der Waals surface area contributed by atoms with E-state index in [1.807, 2.05) is 13.8 Å². The van der Waals surface area contributed by atoms with Gasteiger partial charge >= 0.3 is 0 Å². The van der Waals surface area contributed by atoms with E-state index < -0.39 is 9.84 Å². The Hall–Kier alpha value is -0.430. The highest BCUT2D eigenvalue weighted by atomic mass is 79.9. The lowest BCUT2D eigenvalue weighted by Crippen LogP contribution is -2.44. The van der Waals surface area contributed by atoms with Crippen LogP contribution in [0, 0.1) is 5.41 Å². The number of ether oxygens (including phenoxy) is 1. The highest BCUT2D eigenvalue weighted by Crippen LogP contribution is 2.25. The van der Waals surface area contributed by atoms with E-state index in [9.17, 15) is 8.42 Å². The van der Waals surface area contributed by atoms with Crippen LogP contribution < -0.4 is 0 Å². The number of sulfone groups is 1. The van der Waals surface area contributed by atoms with Crippen LogP contribution in [-0.4, -0.2) is 51.9 Å². The van der Waals surface area contributed by atoms with E-state index in [4.69, 9.17) is 4.74 Å². The highest BCUT2D eigenvalue weighted by molar-refractivity contribution is 9.10. The Kier molecular flexibility index (Phi) is 5.46. The first-order valence-corrected chi connectivity index (χ1v) is 9.51. The molecule has 0 spiro atoms. The molecular weight excluding hydrogens is 354 g/mol. The van der Waals surface area contributed by atoms with Gasteiger partial charge in [0.05, 0.1) is 23.9 Å². The number of halogens is 1. The number of benzene rings is 1. The lowest BCUT2D eigenvalue weighted by molar-refractivity contribution is 0.0240. The van der Waals surface area contributed by atoms with Crippen molar-refractivity contribution in [3.05, 3.63) is 28.7 Å². The average Bonchev–Trinajstić information content (AvgIpc) is 2.38. The van der Waals surface area contributed by atoms with Crippen LogP contribution in [0.3, 0.4) is 0 Å². The van der Waals surface area contributed by atoms with Crippen LogP contribution >= 0.6 is 15.9 Å². The van der Waals surface area contributed by atoms with Crippen molar-refractivity contribution in [2.75, 3.05) is 38.6 Å². The third-order valence-corrected chi connectivity index (χ3v) is 6.19. The molecule has 0 unspecified atom stereocenters. The zero-order valence-corrected chi connectivity index (χ0v) is 14.9. The maximum absolute atomic E-state index is 12.5. The summed E-state index contributed by atoms with van der Waals surface area (Å²) >= 11 is 3.33. The molecular formula is C15H22BrNO3S. The fourth-order valence-corrected chi connectivity index (χ4v) is 4.75. The van der Waals surface area contributed by atoms with Crippen molar-refractivity contribution < 1.29 is 13.2 Å². The Labute approximate surface area is 135 Å². The van der Waals surface area contributed by atoms with Crippen molar-refractivity contribution in [1.82, 2.24) is 4.90 Å². The molecule has 0 N–H and O–H groups in total. The summed E-state index contributed by atoms with van der Waals surface area (Å²) in [6, 6.07) is 6.85. The van der Waals surface area contributed by atoms with Crippen LogP contribution in [0.4, 0.5) is 0 Å². The summed E-state index contributed by atoms with van der Waals surface area (Å²) in [5.41, 5.74) is -0.288. The topological polar surface area (TPSA) is 46.6 Å². The molecule has 1 aliphatic rings. The van der Waals surface area contributed by atoms with Gasteiger partial charge in [0.25, 0.3) is 0 Å². The maximum atomic E-state index is 12.5. The molecule has 1 fully saturated rings. The summed E-state index contributed by atoms with van der Waals surface area (Å²) in [5, 5.41) is 0. The second-order valence-electron chi connectivity index (χ2n) is 6.27. The lowest BCUT2D eigenvalue weighted by atomic mass is 9.95. The minimum atomic E-state index is -3.26. The number of hydrogen-bond acceptors (Lipinski definition) is 4. The fraction of sp³-hybridized carbons (Fsp3) is 0.600. The van der Waals surface area contributed by atoms with Gasteiger partial charge < -0.3 is 4.74 Å². The molecule has 2 rings (SSSR count). The van der Waals surface area contributed by atoms with Gasteiger partial charge in [-0.1, -0.05) is 29.8 Å². The molecule has 118 valence electrons. The SMILES string of the molecule is CC(C)(CN1CCOCC1)CS(=O)(=O)c1ccc(Br)cc1. The van der Waals surface area contributed by atoms with Crippen molar-refractivity contribution in [2.24, 2.45) is 5.41 Å². The lowest BCUT2D eigenvalue weighted by Gasteiger charge is -2.34. The number of rotatable bonds is 5. The van der Waals surface area contributed by atoms with Crippen LogP contribution in [0.25, 0.3) is 0 Å². The molecule has 1 aromatic rings. The summed E-state index contributed by atoms with van der Waals surface area (Å²) in [6.07, 6.45) is 0. The summed E-state index contributed by atoms with van der Waals surface area (Å²) in [4.78, 5) is 2.67. The van der Waals surface area contributed by atoms with Crippen molar-refractivity contribution in [2.45, 2.75) is 18.7 Å². The molecule has 0 radical (unpaired) electrons. The Bertz CT molecular complexity index is 563. The summed E-state index contributed by atoms with van der Waals surface area (Å²) in [6.45, 7) is 8.01. The summed E-state index contributed by atoms with van der Waals surface area (Å²) in [5.74, 6) is 0.152. The number of morpholine rings is 1. The van der Waals surface area contributed by atoms with Gasteiger partial charge in [-0.2, -0.15) is 0 Å². The van der Waals surface area contributed by atoms with Gasteiger partial charge in [-0.15, -0.1) is 0 Å². The summed E-state index contributed by atoms with van der Waals surface area (Å²) in [7, 11) is -3.26. The van der Waals surface area contributed by atoms with E-state index in [2.05, 4.69) is 20.8 Å². The van der Waals surface area contributed by atoms with E-state index in [0.29, 0.717) is 4.90 Å². The van der Waals surface area contributed by atoms with Crippen LogP contribution in [0.5, 0.6) is 0 Å². The monoisotopic (exact) mass is 375 g/mol. The first kappa shape index (κ1) is 16.9. The molecule has 1 aromatic carbocycles. The molecule has 0 bridgehead atoms. The van der Waals surface area contributed by atoms with Crippen molar-refractivity contribution >= 4 is 25.8 Å². The molecule has 0 atom stereocenters. The van der Waals surface area contributed by atoms with Crippen molar-refractivity contribution in [1.29, 1.82) is 0 Å². The standard InChI is InChI=1S/C15H22BrNO3S/c1-15(2,11-17-7-9-20-10-8-17)12-21(18,19)14-5-3-13(16)4-6-14/h3-6H,7-12H2,1-2H3. The van der Waals surface area contributed by atoms with Crippen molar-refractivity contribution in [3.8, 4) is 0 Å². The Morgan fingerprint density at radius 2 is 1.76 bits per heavy atom. The van der Waals surface area contributed by atoms with E-state index in [0.717, 1.165) is 37.3 Å². The van der Waals surface area contributed by atoms with Crippen LogP contribution in [-0.2, 0) is 14.6 Å². The molecule has 0 amide bonds. The molecule has 4 nitrogen and oxygen atoms in total. The minimum absolute atomic E-state index is 0.152. The van der Waals surface area contributed by atoms with Gasteiger partial charge in [0.15, 0.2) is 9.84 Å². The van der Waals surface area contributed by atoms with E-state index in [1.54, 1.807) is 24.3 Å². The number of nitrogens with zero attached hydrogens (tertiary/aromatic N) is 1. The third-order valence-electron chi connectivity index (χ3n) is 3.51. The summed E-state index contributed by atoms with van der Waals surface area (Å²) < 4.78 is 31.3. The Morgan fingerprint density at radius 1 is 1.19 bits per heavy atom. The predicted octanol–water partition coefficient (Wildman–Crippen LogP) is 2.58. The largest absolute Gasteiger partial charge is 0.379 e. The van der Waals surface area contributed by atoms with Gasteiger partial charge in [0, 0.05) is 24.1 Å². The number of hydrogen-bond donors (Lipinski definition) is 0. The third kappa shape index (κ3) is 5.06. The van der Waals surface area contributed by atoms with Gasteiger partial charge in [0.2, 0.25) is 0 Å². The molecule has 0 aromatic heterocycles.